The van der Waals surface area contributed by atoms with Gasteiger partial charge in [-0.05, 0) is 31.1 Å². The van der Waals surface area contributed by atoms with Crippen molar-refractivity contribution in [2.24, 2.45) is 11.8 Å². The Kier molecular flexibility index (Phi) is 1.88. The van der Waals surface area contributed by atoms with Gasteiger partial charge in [0.05, 0.1) is 0 Å². The van der Waals surface area contributed by atoms with Crippen LogP contribution in [-0.4, -0.2) is 36.6 Å². The third-order valence-corrected chi connectivity index (χ3v) is 3.96. The molecule has 2 saturated carbocycles. The van der Waals surface area contributed by atoms with Crippen LogP contribution in [0.5, 0.6) is 0 Å². The molecule has 3 rings (SSSR count). The summed E-state index contributed by atoms with van der Waals surface area (Å²) in [5.41, 5.74) is 0. The van der Waals surface area contributed by atoms with Crippen molar-refractivity contribution in [3.63, 3.8) is 0 Å². The number of piperazine rings is 1. The Morgan fingerprint density at radius 3 is 2.69 bits per heavy atom. The Hall–Kier alpha value is -0.0800. The highest BCUT2D eigenvalue weighted by Gasteiger charge is 2.42. The largest absolute Gasteiger partial charge is 0.311 e. The number of rotatable bonds is 2. The number of hydrogen-bond donors (Lipinski definition) is 1. The van der Waals surface area contributed by atoms with Crippen LogP contribution >= 0.6 is 0 Å². The molecular formula is C11H20N2. The highest BCUT2D eigenvalue weighted by molar-refractivity contribution is 4.98. The van der Waals surface area contributed by atoms with Crippen LogP contribution in [0.1, 0.15) is 26.2 Å². The molecule has 74 valence electrons. The lowest BCUT2D eigenvalue weighted by atomic mass is 10.1. The second kappa shape index (κ2) is 2.96. The Bertz CT molecular complexity index is 200. The van der Waals surface area contributed by atoms with Gasteiger partial charge in [-0.2, -0.15) is 0 Å². The van der Waals surface area contributed by atoms with Crippen LogP contribution in [-0.2, 0) is 0 Å². The van der Waals surface area contributed by atoms with Crippen LogP contribution < -0.4 is 5.32 Å². The van der Waals surface area contributed by atoms with E-state index < -0.39 is 0 Å². The molecule has 0 amide bonds. The normalized spacial score (nSPS) is 46.4. The summed E-state index contributed by atoms with van der Waals surface area (Å²) in [6, 6.07) is 1.78. The fraction of sp³-hybridized carbons (Fsp3) is 1.00. The van der Waals surface area contributed by atoms with E-state index in [0.29, 0.717) is 0 Å². The fourth-order valence-corrected chi connectivity index (χ4v) is 2.73. The average Bonchev–Trinajstić information content (AvgIpc) is 2.98. The van der Waals surface area contributed by atoms with Crippen LogP contribution in [0, 0.1) is 11.8 Å². The first-order chi connectivity index (χ1) is 6.34. The van der Waals surface area contributed by atoms with Gasteiger partial charge in [0.1, 0.15) is 0 Å². The summed E-state index contributed by atoms with van der Waals surface area (Å²) in [5.74, 6) is 2.01. The molecule has 2 heteroatoms. The lowest BCUT2D eigenvalue weighted by Gasteiger charge is -2.34. The van der Waals surface area contributed by atoms with Gasteiger partial charge in [-0.1, -0.05) is 6.92 Å². The minimum absolute atomic E-state index is 0.835. The molecule has 13 heavy (non-hydrogen) atoms. The van der Waals surface area contributed by atoms with Crippen LogP contribution in [0.15, 0.2) is 0 Å². The van der Waals surface area contributed by atoms with Crippen molar-refractivity contribution in [1.29, 1.82) is 0 Å². The Labute approximate surface area is 80.7 Å². The molecule has 0 radical (unpaired) electrons. The first kappa shape index (κ1) is 8.25. The van der Waals surface area contributed by atoms with E-state index in [4.69, 9.17) is 0 Å². The topological polar surface area (TPSA) is 15.3 Å². The molecule has 3 atom stereocenters. The minimum atomic E-state index is 0.835. The molecule has 0 aromatic carbocycles. The molecule has 2 aliphatic carbocycles. The number of nitrogens with zero attached hydrogens (tertiary/aromatic N) is 1. The van der Waals surface area contributed by atoms with Crippen LogP contribution in [0.3, 0.4) is 0 Å². The van der Waals surface area contributed by atoms with Gasteiger partial charge in [0.15, 0.2) is 0 Å². The van der Waals surface area contributed by atoms with Gasteiger partial charge in [0.25, 0.3) is 0 Å². The van der Waals surface area contributed by atoms with E-state index in [-0.39, 0.29) is 0 Å². The van der Waals surface area contributed by atoms with Gasteiger partial charge >= 0.3 is 0 Å². The quantitative estimate of drug-likeness (QED) is 0.684. The highest BCUT2D eigenvalue weighted by atomic mass is 15.2. The van der Waals surface area contributed by atoms with E-state index in [9.17, 15) is 0 Å². The molecule has 2 nitrogen and oxygen atoms in total. The number of hydrogen-bond acceptors (Lipinski definition) is 2. The molecule has 0 aromatic rings. The maximum absolute atomic E-state index is 3.67. The molecule has 1 N–H and O–H groups in total. The second-order valence-electron chi connectivity index (χ2n) is 5.17. The van der Waals surface area contributed by atoms with Crippen molar-refractivity contribution >= 4 is 0 Å². The first-order valence-corrected chi connectivity index (χ1v) is 5.82. The van der Waals surface area contributed by atoms with E-state index in [0.717, 1.165) is 23.9 Å². The summed E-state index contributed by atoms with van der Waals surface area (Å²) in [7, 11) is 0. The van der Waals surface area contributed by atoms with E-state index in [1.54, 1.807) is 0 Å². The maximum atomic E-state index is 3.67. The molecule has 3 unspecified atom stereocenters. The summed E-state index contributed by atoms with van der Waals surface area (Å²) in [5, 5.41) is 3.67. The molecule has 1 aliphatic heterocycles. The highest BCUT2D eigenvalue weighted by Crippen LogP contribution is 2.38. The summed E-state index contributed by atoms with van der Waals surface area (Å²) >= 11 is 0. The van der Waals surface area contributed by atoms with Crippen molar-refractivity contribution in [3.05, 3.63) is 0 Å². The summed E-state index contributed by atoms with van der Waals surface area (Å²) in [6.45, 7) is 6.24. The SMILES string of the molecule is CC1CC1N1CCNC(C2CC2)C1. The van der Waals surface area contributed by atoms with Gasteiger partial charge in [-0.3, -0.25) is 4.90 Å². The molecule has 1 heterocycles. The van der Waals surface area contributed by atoms with Gasteiger partial charge < -0.3 is 5.32 Å². The molecule has 0 bridgehead atoms. The zero-order chi connectivity index (χ0) is 8.84. The molecule has 0 aromatic heterocycles. The smallest absolute Gasteiger partial charge is 0.0223 e. The van der Waals surface area contributed by atoms with Gasteiger partial charge in [-0.25, -0.2) is 0 Å². The van der Waals surface area contributed by atoms with Crippen LogP contribution in [0.2, 0.25) is 0 Å². The molecule has 0 spiro atoms. The van der Waals surface area contributed by atoms with Crippen molar-refractivity contribution in [3.8, 4) is 0 Å². The fourth-order valence-electron chi connectivity index (χ4n) is 2.73. The van der Waals surface area contributed by atoms with Crippen molar-refractivity contribution < 1.29 is 0 Å². The zero-order valence-electron chi connectivity index (χ0n) is 8.50. The molecule has 3 fully saturated rings. The summed E-state index contributed by atoms with van der Waals surface area (Å²) in [6.07, 6.45) is 4.41. The molecular weight excluding hydrogens is 160 g/mol. The monoisotopic (exact) mass is 180 g/mol. The predicted octanol–water partition coefficient (Wildman–Crippen LogP) is 1.08. The zero-order valence-corrected chi connectivity index (χ0v) is 8.50. The first-order valence-electron chi connectivity index (χ1n) is 5.82. The van der Waals surface area contributed by atoms with E-state index in [1.807, 2.05) is 0 Å². The second-order valence-corrected chi connectivity index (χ2v) is 5.17. The Morgan fingerprint density at radius 1 is 1.31 bits per heavy atom. The van der Waals surface area contributed by atoms with Crippen LogP contribution in [0.25, 0.3) is 0 Å². The van der Waals surface area contributed by atoms with E-state index in [2.05, 4.69) is 17.1 Å². The Balaban J connectivity index is 1.57. The third-order valence-electron chi connectivity index (χ3n) is 3.96. The van der Waals surface area contributed by atoms with Crippen molar-refractivity contribution in [2.45, 2.75) is 38.3 Å². The molecule has 3 aliphatic rings. The lowest BCUT2D eigenvalue weighted by Crippen LogP contribution is -2.52. The number of nitrogens with one attached hydrogen (secondary N) is 1. The average molecular weight is 180 g/mol. The van der Waals surface area contributed by atoms with Gasteiger partial charge in [-0.15, -0.1) is 0 Å². The third kappa shape index (κ3) is 1.62. The maximum Gasteiger partial charge on any atom is 0.0223 e. The predicted molar refractivity (Wildman–Crippen MR) is 53.7 cm³/mol. The Morgan fingerprint density at radius 2 is 2.08 bits per heavy atom. The van der Waals surface area contributed by atoms with Crippen LogP contribution in [0.4, 0.5) is 0 Å². The lowest BCUT2D eigenvalue weighted by molar-refractivity contribution is 0.174. The standard InChI is InChI=1S/C11H20N2/c1-8-6-11(8)13-5-4-12-10(7-13)9-2-3-9/h8-12H,2-7H2,1H3. The minimum Gasteiger partial charge on any atom is -0.311 e. The van der Waals surface area contributed by atoms with E-state index in [1.165, 1.54) is 38.9 Å². The summed E-state index contributed by atoms with van der Waals surface area (Å²) in [4.78, 5) is 2.73. The summed E-state index contributed by atoms with van der Waals surface area (Å²) < 4.78 is 0. The van der Waals surface area contributed by atoms with Crippen molar-refractivity contribution in [2.75, 3.05) is 19.6 Å². The van der Waals surface area contributed by atoms with Crippen molar-refractivity contribution in [1.82, 2.24) is 10.2 Å². The van der Waals surface area contributed by atoms with Gasteiger partial charge in [0, 0.05) is 31.7 Å². The van der Waals surface area contributed by atoms with Gasteiger partial charge in [0.2, 0.25) is 0 Å². The molecule has 1 saturated heterocycles. The van der Waals surface area contributed by atoms with E-state index >= 15 is 0 Å².